The van der Waals surface area contributed by atoms with Gasteiger partial charge in [-0.15, -0.1) is 0 Å². The van der Waals surface area contributed by atoms with Crippen LogP contribution in [0.25, 0.3) is 0 Å². The summed E-state index contributed by atoms with van der Waals surface area (Å²) in [5.74, 6) is 0. The molecule has 2 rings (SSSR count). The lowest BCUT2D eigenvalue weighted by Gasteiger charge is -2.50. The van der Waals surface area contributed by atoms with E-state index in [9.17, 15) is 13.5 Å². The molecule has 1 heterocycles. The first-order chi connectivity index (χ1) is 11.7. The Balaban J connectivity index is 2.11. The first kappa shape index (κ1) is 22.1. The summed E-state index contributed by atoms with van der Waals surface area (Å²) in [5, 5.41) is 10.4. The predicted octanol–water partition coefficient (Wildman–Crippen LogP) is 4.00. The van der Waals surface area contributed by atoms with Gasteiger partial charge in [-0.05, 0) is 36.3 Å². The Hall–Kier alpha value is -0.153. The quantitative estimate of drug-likeness (QED) is 0.679. The number of hydrogen-bond donors (Lipinski definition) is 1. The molecule has 9 heteroatoms. The van der Waals surface area contributed by atoms with Gasteiger partial charge in [-0.25, -0.2) is 8.42 Å². The summed E-state index contributed by atoms with van der Waals surface area (Å²) in [6.07, 6.45) is 0. The van der Waals surface area contributed by atoms with Crippen molar-refractivity contribution in [1.82, 2.24) is 4.31 Å². The van der Waals surface area contributed by atoms with Crippen LogP contribution in [0.15, 0.2) is 23.1 Å². The normalized spacial score (nSPS) is 18.6. The Kier molecular flexibility index (Phi) is 6.26. The summed E-state index contributed by atoms with van der Waals surface area (Å²) in [7, 11) is -5.70. The van der Waals surface area contributed by atoms with E-state index in [1.54, 1.807) is 0 Å². The van der Waals surface area contributed by atoms with E-state index in [2.05, 4.69) is 33.9 Å². The van der Waals surface area contributed by atoms with Crippen molar-refractivity contribution in [3.8, 4) is 0 Å². The van der Waals surface area contributed by atoms with E-state index in [1.165, 1.54) is 22.5 Å². The SMILES string of the molecule is CC(C)(C)[Si](C)(C)OCC1(CO)CN(S(=O)(=O)c2ccc(Cl)cc2Cl)C1. The lowest BCUT2D eigenvalue weighted by atomic mass is 9.84. The smallest absolute Gasteiger partial charge is 0.244 e. The molecule has 0 unspecified atom stereocenters. The van der Waals surface area contributed by atoms with E-state index in [-0.39, 0.29) is 34.7 Å². The van der Waals surface area contributed by atoms with Gasteiger partial charge < -0.3 is 9.53 Å². The van der Waals surface area contributed by atoms with Crippen molar-refractivity contribution >= 4 is 41.5 Å². The molecule has 0 spiro atoms. The maximum absolute atomic E-state index is 12.8. The summed E-state index contributed by atoms with van der Waals surface area (Å²) in [6, 6.07) is 4.32. The topological polar surface area (TPSA) is 66.8 Å². The molecule has 1 aromatic carbocycles. The van der Waals surface area contributed by atoms with Crippen LogP contribution in [0.3, 0.4) is 0 Å². The van der Waals surface area contributed by atoms with Crippen molar-refractivity contribution in [2.75, 3.05) is 26.3 Å². The van der Waals surface area contributed by atoms with Crippen molar-refractivity contribution < 1.29 is 18.0 Å². The molecule has 0 radical (unpaired) electrons. The van der Waals surface area contributed by atoms with Gasteiger partial charge in [0.15, 0.2) is 8.32 Å². The van der Waals surface area contributed by atoms with Gasteiger partial charge in [0.25, 0.3) is 0 Å². The largest absolute Gasteiger partial charge is 0.416 e. The van der Waals surface area contributed by atoms with Crippen LogP contribution in [-0.4, -0.2) is 52.5 Å². The summed E-state index contributed by atoms with van der Waals surface area (Å²) in [6.45, 7) is 11.3. The van der Waals surface area contributed by atoms with Crippen molar-refractivity contribution in [3.63, 3.8) is 0 Å². The van der Waals surface area contributed by atoms with Crippen LogP contribution >= 0.6 is 23.2 Å². The predicted molar refractivity (Wildman–Crippen MR) is 108 cm³/mol. The van der Waals surface area contributed by atoms with E-state index in [0.29, 0.717) is 11.6 Å². The highest BCUT2D eigenvalue weighted by Crippen LogP contribution is 2.41. The van der Waals surface area contributed by atoms with E-state index >= 15 is 0 Å². The van der Waals surface area contributed by atoms with Crippen LogP contribution in [0.2, 0.25) is 28.2 Å². The Bertz CT molecular complexity index is 771. The average molecular weight is 440 g/mol. The van der Waals surface area contributed by atoms with Crippen LogP contribution in [0, 0.1) is 5.41 Å². The minimum Gasteiger partial charge on any atom is -0.416 e. The third-order valence-corrected chi connectivity index (χ3v) is 12.4. The monoisotopic (exact) mass is 439 g/mol. The molecule has 0 bridgehead atoms. The fraction of sp³-hybridized carbons (Fsp3) is 0.647. The highest BCUT2D eigenvalue weighted by molar-refractivity contribution is 7.89. The Morgan fingerprint density at radius 1 is 1.27 bits per heavy atom. The lowest BCUT2D eigenvalue weighted by Crippen LogP contribution is -2.63. The molecular formula is C17H27Cl2NO4SSi. The molecule has 0 saturated carbocycles. The second kappa shape index (κ2) is 7.35. The van der Waals surface area contributed by atoms with Crippen molar-refractivity contribution in [1.29, 1.82) is 0 Å². The molecule has 0 atom stereocenters. The molecule has 26 heavy (non-hydrogen) atoms. The zero-order valence-electron chi connectivity index (χ0n) is 15.8. The Morgan fingerprint density at radius 3 is 2.31 bits per heavy atom. The Labute approximate surface area is 167 Å². The van der Waals surface area contributed by atoms with Crippen LogP contribution in [0.4, 0.5) is 0 Å². The third kappa shape index (κ3) is 4.29. The molecule has 1 N–H and O–H groups in total. The number of hydrogen-bond acceptors (Lipinski definition) is 4. The number of sulfonamides is 1. The number of rotatable bonds is 6. The number of benzene rings is 1. The number of aliphatic hydroxyl groups excluding tert-OH is 1. The molecule has 1 aliphatic heterocycles. The van der Waals surface area contributed by atoms with Gasteiger partial charge >= 0.3 is 0 Å². The average Bonchev–Trinajstić information content (AvgIpc) is 2.44. The first-order valence-corrected chi connectivity index (χ1v) is 13.5. The van der Waals surface area contributed by atoms with Crippen LogP contribution in [0.5, 0.6) is 0 Å². The second-order valence-corrected chi connectivity index (χ2v) is 16.1. The molecule has 0 aromatic heterocycles. The molecule has 0 aliphatic carbocycles. The minimum atomic E-state index is -3.73. The second-order valence-electron chi connectivity index (χ2n) is 8.55. The van der Waals surface area contributed by atoms with Crippen molar-refractivity contribution in [3.05, 3.63) is 28.2 Å². The molecule has 1 aliphatic rings. The van der Waals surface area contributed by atoms with E-state index in [0.717, 1.165) is 0 Å². The fourth-order valence-electron chi connectivity index (χ4n) is 2.48. The lowest BCUT2D eigenvalue weighted by molar-refractivity contribution is -0.0309. The van der Waals surface area contributed by atoms with Gasteiger partial charge in [0.05, 0.1) is 11.6 Å². The summed E-state index contributed by atoms with van der Waals surface area (Å²) >= 11 is 11.9. The fourth-order valence-corrected chi connectivity index (χ4v) is 5.99. The molecule has 0 amide bonds. The summed E-state index contributed by atoms with van der Waals surface area (Å²) in [4.78, 5) is 0.0282. The molecular weight excluding hydrogens is 413 g/mol. The summed E-state index contributed by atoms with van der Waals surface area (Å²) in [5.41, 5.74) is -0.568. The van der Waals surface area contributed by atoms with Gasteiger partial charge in [0, 0.05) is 30.1 Å². The van der Waals surface area contributed by atoms with Gasteiger partial charge in [-0.2, -0.15) is 4.31 Å². The zero-order chi connectivity index (χ0) is 20.0. The zero-order valence-corrected chi connectivity index (χ0v) is 19.2. The maximum atomic E-state index is 12.8. The summed E-state index contributed by atoms with van der Waals surface area (Å²) < 4.78 is 33.1. The van der Waals surface area contributed by atoms with Crippen LogP contribution in [-0.2, 0) is 14.4 Å². The van der Waals surface area contributed by atoms with E-state index in [4.69, 9.17) is 27.6 Å². The van der Waals surface area contributed by atoms with Crippen molar-refractivity contribution in [2.24, 2.45) is 5.41 Å². The van der Waals surface area contributed by atoms with Gasteiger partial charge in [-0.3, -0.25) is 0 Å². The van der Waals surface area contributed by atoms with Gasteiger partial charge in [0.2, 0.25) is 10.0 Å². The molecule has 1 saturated heterocycles. The van der Waals surface area contributed by atoms with Crippen LogP contribution in [0.1, 0.15) is 20.8 Å². The van der Waals surface area contributed by atoms with E-state index in [1.807, 2.05) is 0 Å². The molecule has 1 aromatic rings. The molecule has 1 fully saturated rings. The number of aliphatic hydroxyl groups is 1. The highest BCUT2D eigenvalue weighted by atomic mass is 35.5. The van der Waals surface area contributed by atoms with Crippen LogP contribution < -0.4 is 0 Å². The number of nitrogens with zero attached hydrogens (tertiary/aromatic N) is 1. The molecule has 5 nitrogen and oxygen atoms in total. The van der Waals surface area contributed by atoms with Gasteiger partial charge in [-0.1, -0.05) is 44.0 Å². The highest BCUT2D eigenvalue weighted by Gasteiger charge is 2.50. The first-order valence-electron chi connectivity index (χ1n) is 8.44. The molecule has 148 valence electrons. The van der Waals surface area contributed by atoms with Gasteiger partial charge in [0.1, 0.15) is 4.90 Å². The Morgan fingerprint density at radius 2 is 1.85 bits per heavy atom. The van der Waals surface area contributed by atoms with Crippen molar-refractivity contribution in [2.45, 2.75) is 43.8 Å². The third-order valence-electron chi connectivity index (χ3n) is 5.42. The standard InChI is InChI=1S/C17H27Cl2NO4SSi/c1-16(2,3)26(4,5)24-12-17(11-21)9-20(10-17)25(22,23)15-7-6-13(18)8-14(15)19/h6-8,21H,9-12H2,1-5H3. The minimum absolute atomic E-state index is 0.0282. The number of halogens is 2. The maximum Gasteiger partial charge on any atom is 0.244 e. The van der Waals surface area contributed by atoms with E-state index < -0.39 is 23.8 Å².